The highest BCUT2D eigenvalue weighted by atomic mass is 16.7. The molecule has 2 bridgehead atoms. The number of ether oxygens (including phenoxy) is 6. The minimum Gasteiger partial charge on any atom is -0.507 e. The maximum atomic E-state index is 14.8. The van der Waals surface area contributed by atoms with Crippen LogP contribution in [0.2, 0.25) is 0 Å². The number of methoxy groups -OCH3 is 3. The number of hydrogen-bond acceptors (Lipinski definition) is 18. The number of aliphatic hydroxyl groups is 3. The highest BCUT2D eigenvalue weighted by Gasteiger charge is 2.57. The van der Waals surface area contributed by atoms with Gasteiger partial charge in [-0.2, -0.15) is 0 Å². The molecule has 4 aliphatic heterocycles. The number of alkyl carbamates (subject to hydrolysis) is 1. The first-order valence-corrected chi connectivity index (χ1v) is 29.7. The number of piperidine rings is 1. The summed E-state index contributed by atoms with van der Waals surface area (Å²) in [6.07, 6.45) is -0.441. The lowest BCUT2D eigenvalue weighted by Crippen LogP contribution is -2.64. The molecule has 0 aromatic heterocycles. The van der Waals surface area contributed by atoms with E-state index in [0.29, 0.717) is 72.6 Å². The highest BCUT2D eigenvalue weighted by molar-refractivity contribution is 6.39. The number of carbonyl (C=O) groups excluding carboxylic acids is 5. The van der Waals surface area contributed by atoms with Gasteiger partial charge in [-0.15, -0.1) is 0 Å². The Labute approximate surface area is 499 Å². The summed E-state index contributed by atoms with van der Waals surface area (Å²) in [4.78, 5) is 98.2. The Hall–Kier alpha value is -6.85. The van der Waals surface area contributed by atoms with Gasteiger partial charge in [-0.3, -0.25) is 19.2 Å². The van der Waals surface area contributed by atoms with Crippen LogP contribution in [0.15, 0.2) is 87.1 Å². The van der Waals surface area contributed by atoms with Crippen LogP contribution in [0.3, 0.4) is 0 Å². The molecule has 2 unspecified atom stereocenters. The number of cyclic esters (lactones) is 1. The average molecular weight is 1200 g/mol. The van der Waals surface area contributed by atoms with E-state index in [2.05, 4.69) is 5.32 Å². The van der Waals surface area contributed by atoms with Gasteiger partial charge >= 0.3 is 18.0 Å². The van der Waals surface area contributed by atoms with Crippen LogP contribution in [0, 0.1) is 29.6 Å². The van der Waals surface area contributed by atoms with E-state index in [1.807, 2.05) is 19.9 Å². The molecule has 4 heterocycles. The van der Waals surface area contributed by atoms with Crippen molar-refractivity contribution in [2.75, 3.05) is 34.5 Å². The number of hydrogen-bond donors (Lipinski definition) is 6. The van der Waals surface area contributed by atoms with Gasteiger partial charge in [0.1, 0.15) is 41.1 Å². The van der Waals surface area contributed by atoms with Crippen molar-refractivity contribution in [2.24, 2.45) is 29.6 Å². The van der Waals surface area contributed by atoms with Crippen molar-refractivity contribution >= 4 is 46.5 Å². The lowest BCUT2D eigenvalue weighted by atomic mass is 9.81. The second-order valence-corrected chi connectivity index (χ2v) is 24.0. The van der Waals surface area contributed by atoms with Gasteiger partial charge in [0.25, 0.3) is 11.7 Å². The topological polar surface area (TPSA) is 304 Å². The van der Waals surface area contributed by atoms with E-state index >= 15 is 0 Å². The molecule has 21 nitrogen and oxygen atoms in total. The molecule has 2 aromatic carbocycles. The number of fused-ring (bicyclic) bond motifs is 5. The van der Waals surface area contributed by atoms with E-state index in [0.717, 1.165) is 10.5 Å². The van der Waals surface area contributed by atoms with Gasteiger partial charge in [0.05, 0.1) is 54.8 Å². The molecule has 6 N–H and O–H groups in total. The number of nitrogens with zero attached hydrogens (tertiary/aromatic N) is 1. The summed E-state index contributed by atoms with van der Waals surface area (Å²) in [5.41, 5.74) is 2.26. The number of carboxylic acids is 1. The molecule has 6 aliphatic rings. The van der Waals surface area contributed by atoms with E-state index in [4.69, 9.17) is 32.8 Å². The van der Waals surface area contributed by atoms with Crippen LogP contribution in [0.4, 0.5) is 4.79 Å². The quantitative estimate of drug-likeness (QED) is 0.0343. The SMILES string of the molecule is CO[C@H]1C[C@@H](C)C/C(C)=C/[C@@H](CCOC(=O)NCc2c(O)ccc3c(-c4ccccc4C(=O)O)c4ccc(=O)cc-4oc23)C(=O)C[C@H](O)[C@@H](C)[C@@H](/C(C)=C/[C@@H]2CC[C@@H](O)[C@H](OC)C2)OC(=O)C2CCCCN2C(=O)C(=O)[C@]2(O)OC1[C@@H](OC)C[C@H]2C. The number of aromatic hydroxyl groups is 1. The number of aliphatic hydroxyl groups excluding tert-OH is 2. The zero-order chi connectivity index (χ0) is 62.3. The molecule has 86 heavy (non-hydrogen) atoms. The number of Topliss-reactive ketones (excluding diaryl/α,β-unsaturated/α-hetero) is 2. The van der Waals surface area contributed by atoms with Crippen LogP contribution in [-0.4, -0.2) is 155 Å². The molecule has 466 valence electrons. The van der Waals surface area contributed by atoms with Crippen molar-refractivity contribution in [1.82, 2.24) is 10.2 Å². The van der Waals surface area contributed by atoms with E-state index < -0.39 is 114 Å². The Balaban J connectivity index is 1.08. The van der Waals surface area contributed by atoms with Gasteiger partial charge in [0.2, 0.25) is 5.79 Å². The fraction of sp³-hybridized carbons (Fsp3) is 0.554. The molecule has 3 fully saturated rings. The number of phenols is 1. The number of amides is 2. The molecule has 2 saturated heterocycles. The summed E-state index contributed by atoms with van der Waals surface area (Å²) < 4.78 is 42.0. The third-order valence-electron chi connectivity index (χ3n) is 17.9. The number of phenolic OH excluding ortho intramolecular Hbond substituents is 1. The molecular formula is C65H82N2O19. The summed E-state index contributed by atoms with van der Waals surface area (Å²) in [7, 11) is 4.47. The van der Waals surface area contributed by atoms with Gasteiger partial charge in [-0.05, 0) is 131 Å². The number of aromatic carboxylic acids is 1. The Morgan fingerprint density at radius 2 is 1.57 bits per heavy atom. The predicted molar refractivity (Wildman–Crippen MR) is 314 cm³/mol. The molecule has 2 amide bonds. The van der Waals surface area contributed by atoms with Crippen LogP contribution < -0.4 is 10.7 Å². The zero-order valence-corrected chi connectivity index (χ0v) is 50.2. The molecule has 8 rings (SSSR count). The van der Waals surface area contributed by atoms with E-state index in [-0.39, 0.29) is 84.4 Å². The van der Waals surface area contributed by atoms with Crippen molar-refractivity contribution in [3.8, 4) is 28.2 Å². The molecular weight excluding hydrogens is 1110 g/mol. The molecule has 1 saturated carbocycles. The molecule has 0 spiro atoms. The number of allylic oxidation sites excluding steroid dienone is 3. The van der Waals surface area contributed by atoms with Crippen molar-refractivity contribution in [1.29, 1.82) is 0 Å². The van der Waals surface area contributed by atoms with Crippen LogP contribution in [0.1, 0.15) is 121 Å². The number of esters is 1. The van der Waals surface area contributed by atoms with E-state index in [9.17, 15) is 59.1 Å². The normalized spacial score (nSPS) is 31.1. The number of benzene rings is 3. The fourth-order valence-corrected chi connectivity index (χ4v) is 13.1. The van der Waals surface area contributed by atoms with Gasteiger partial charge in [-0.1, -0.05) is 56.7 Å². The summed E-state index contributed by atoms with van der Waals surface area (Å²) in [5, 5.41) is 59.5. The fourth-order valence-electron chi connectivity index (χ4n) is 13.1. The maximum Gasteiger partial charge on any atom is 0.407 e. The zero-order valence-electron chi connectivity index (χ0n) is 50.2. The van der Waals surface area contributed by atoms with Crippen molar-refractivity contribution in [3.05, 3.63) is 99.2 Å². The van der Waals surface area contributed by atoms with E-state index in [1.165, 1.54) is 51.7 Å². The number of rotatable bonds is 12. The predicted octanol–water partition coefficient (Wildman–Crippen LogP) is 7.66. The van der Waals surface area contributed by atoms with Crippen LogP contribution >= 0.6 is 0 Å². The second kappa shape index (κ2) is 28.3. The molecule has 0 radical (unpaired) electrons. The second-order valence-electron chi connectivity index (χ2n) is 24.0. The first kappa shape index (κ1) is 65.1. The largest absolute Gasteiger partial charge is 0.507 e. The van der Waals surface area contributed by atoms with Gasteiger partial charge in [-0.25, -0.2) is 14.4 Å². The first-order chi connectivity index (χ1) is 41.0. The van der Waals surface area contributed by atoms with Crippen molar-refractivity contribution in [2.45, 2.75) is 166 Å². The number of ketones is 2. The minimum absolute atomic E-state index is 0.00601. The van der Waals surface area contributed by atoms with Crippen molar-refractivity contribution < 1.29 is 87.1 Å². The Kier molecular flexibility index (Phi) is 21.5. The summed E-state index contributed by atoms with van der Waals surface area (Å²) in [5.74, 6) is -10.7. The maximum absolute atomic E-state index is 14.8. The molecule has 2 aliphatic carbocycles. The molecule has 21 heteroatoms. The van der Waals surface area contributed by atoms with Crippen LogP contribution in [0.5, 0.6) is 5.75 Å². The smallest absolute Gasteiger partial charge is 0.407 e. The summed E-state index contributed by atoms with van der Waals surface area (Å²) in [6, 6.07) is 12.1. The van der Waals surface area contributed by atoms with E-state index in [1.54, 1.807) is 51.1 Å². The Morgan fingerprint density at radius 3 is 2.29 bits per heavy atom. The average Bonchev–Trinajstić information content (AvgIpc) is 0.815. The lowest BCUT2D eigenvalue weighted by molar-refractivity contribution is -0.302. The Morgan fingerprint density at radius 1 is 0.849 bits per heavy atom. The monoisotopic (exact) mass is 1190 g/mol. The lowest BCUT2D eigenvalue weighted by Gasteiger charge is -2.47. The van der Waals surface area contributed by atoms with Crippen molar-refractivity contribution in [3.63, 3.8) is 0 Å². The third kappa shape index (κ3) is 14.4. The van der Waals surface area contributed by atoms with Crippen LogP contribution in [0.25, 0.3) is 33.4 Å². The molecule has 2 aromatic rings. The van der Waals surface area contributed by atoms with Crippen LogP contribution in [-0.2, 0) is 54.1 Å². The number of carboxylic acid groups (broad SMARTS) is 1. The molecule has 14 atom stereocenters. The number of carbonyl (C=O) groups is 6. The highest BCUT2D eigenvalue weighted by Crippen LogP contribution is 2.44. The van der Waals surface area contributed by atoms with Gasteiger partial charge in [0.15, 0.2) is 5.43 Å². The van der Waals surface area contributed by atoms with Gasteiger partial charge < -0.3 is 68.6 Å². The standard InChI is InChI=1S/C65H82N2O19/c1-34-25-35(2)27-54(81-7)59-55(82-8)29-37(4)65(79,86-59)60(73)61(74)67-23-12-11-15-47(67)63(77)85-57(36(3)28-39-16-20-49(70)53(30-39)80-6)38(5)50(71)32-51(72)40(26-34)22-24-83-64(78)66-33-46-48(69)21-19-45-56(42-13-9-10-14-43(42)62(75)76)44-18-17-41(68)31-52(44)84-58(45)46/h9-10,13-14,17-19,21,26,28,31,35,37-40,47,49-50,53-55,57,59,69-71,79H,11-12,15-16,20,22-25,27,29-30,32-33H2,1-8H3,(H,66,78)(H,75,76)/b34-26+,36-28+/t35-,37+,38+,39-,40+,47?,49+,50-,53+,54-,55-,57+,59?,65+/m0/s1. The van der Waals surface area contributed by atoms with Gasteiger partial charge in [0, 0.05) is 74.6 Å². The third-order valence-corrected chi connectivity index (χ3v) is 17.9. The Bertz CT molecular complexity index is 3220. The first-order valence-electron chi connectivity index (χ1n) is 29.7. The summed E-state index contributed by atoms with van der Waals surface area (Å²) in [6.45, 7) is 8.14. The summed E-state index contributed by atoms with van der Waals surface area (Å²) >= 11 is 0. The number of nitrogens with one attached hydrogen (secondary N) is 1. The minimum atomic E-state index is -2.62.